The number of methoxy groups -OCH3 is 1. The number of aryl methyl sites for hydroxylation is 2. The molecule has 1 amide bonds. The van der Waals surface area contributed by atoms with Crippen molar-refractivity contribution < 1.29 is 14.3 Å². The van der Waals surface area contributed by atoms with E-state index in [4.69, 9.17) is 0 Å². The molecule has 0 radical (unpaired) electrons. The molecule has 100 valence electrons. The van der Waals surface area contributed by atoms with Crippen molar-refractivity contribution in [3.05, 3.63) is 21.4 Å². The van der Waals surface area contributed by atoms with Crippen LogP contribution >= 0.6 is 11.3 Å². The normalized spacial score (nSPS) is 10.2. The summed E-state index contributed by atoms with van der Waals surface area (Å²) in [5.74, 6) is -0.308. The number of nitrogens with one attached hydrogen (secondary N) is 1. The minimum absolute atomic E-state index is 0.0623. The fourth-order valence-electron chi connectivity index (χ4n) is 1.61. The number of hydrogen-bond acceptors (Lipinski definition) is 4. The molecule has 0 saturated carbocycles. The lowest BCUT2D eigenvalue weighted by atomic mass is 10.2. The molecule has 1 rings (SSSR count). The predicted octanol–water partition coefficient (Wildman–Crippen LogP) is 2.30. The highest BCUT2D eigenvalue weighted by molar-refractivity contribution is 7.14. The molecule has 0 bridgehead atoms. The molecule has 1 aromatic heterocycles. The van der Waals surface area contributed by atoms with E-state index in [0.717, 1.165) is 11.3 Å². The van der Waals surface area contributed by atoms with Crippen molar-refractivity contribution in [1.29, 1.82) is 0 Å². The molecule has 4 nitrogen and oxygen atoms in total. The van der Waals surface area contributed by atoms with Crippen LogP contribution in [0.3, 0.4) is 0 Å². The summed E-state index contributed by atoms with van der Waals surface area (Å²) in [5.41, 5.74) is 1.22. The van der Waals surface area contributed by atoms with Crippen LogP contribution in [0.1, 0.15) is 39.9 Å². The van der Waals surface area contributed by atoms with Gasteiger partial charge in [-0.15, -0.1) is 11.3 Å². The van der Waals surface area contributed by atoms with Gasteiger partial charge in [-0.2, -0.15) is 0 Å². The molecule has 0 aliphatic heterocycles. The fraction of sp³-hybridized carbons (Fsp3) is 0.538. The zero-order valence-electron chi connectivity index (χ0n) is 11.0. The molecule has 1 heterocycles. The van der Waals surface area contributed by atoms with Crippen molar-refractivity contribution in [3.8, 4) is 0 Å². The van der Waals surface area contributed by atoms with E-state index < -0.39 is 0 Å². The Balaban J connectivity index is 2.38. The lowest BCUT2D eigenvalue weighted by Gasteiger charge is -2.02. The largest absolute Gasteiger partial charge is 0.469 e. The second-order valence-corrected chi connectivity index (χ2v) is 5.24. The van der Waals surface area contributed by atoms with Crippen molar-refractivity contribution in [2.75, 3.05) is 13.7 Å². The van der Waals surface area contributed by atoms with Crippen LogP contribution in [0.25, 0.3) is 0 Å². The number of ether oxygens (including phenoxy) is 1. The third kappa shape index (κ3) is 4.14. The third-order valence-electron chi connectivity index (χ3n) is 2.70. The number of rotatable bonds is 6. The fourth-order valence-corrected chi connectivity index (χ4v) is 2.64. The summed E-state index contributed by atoms with van der Waals surface area (Å²) in [4.78, 5) is 24.6. The Kier molecular flexibility index (Phi) is 5.85. The molecule has 0 aliphatic carbocycles. The maximum atomic E-state index is 11.8. The molecular formula is C13H19NO3S. The molecule has 1 aromatic rings. The Morgan fingerprint density at radius 2 is 2.17 bits per heavy atom. The molecule has 0 unspecified atom stereocenters. The van der Waals surface area contributed by atoms with Crippen molar-refractivity contribution in [1.82, 2.24) is 5.32 Å². The van der Waals surface area contributed by atoms with Crippen LogP contribution in [0, 0.1) is 6.92 Å². The second-order valence-electron chi connectivity index (χ2n) is 3.98. The lowest BCUT2D eigenvalue weighted by Crippen LogP contribution is -2.24. The van der Waals surface area contributed by atoms with E-state index in [-0.39, 0.29) is 11.9 Å². The average molecular weight is 269 g/mol. The molecule has 0 aliphatic rings. The summed E-state index contributed by atoms with van der Waals surface area (Å²) in [5, 5.41) is 2.81. The van der Waals surface area contributed by atoms with E-state index in [1.165, 1.54) is 28.9 Å². The average Bonchev–Trinajstić information content (AvgIpc) is 2.75. The van der Waals surface area contributed by atoms with Crippen LogP contribution in [-0.2, 0) is 16.0 Å². The SMILES string of the molecule is CCc1cc(C(=O)NCCCC(=O)OC)sc1C. The second kappa shape index (κ2) is 7.16. The van der Waals surface area contributed by atoms with Gasteiger partial charge in [0.2, 0.25) is 0 Å². The van der Waals surface area contributed by atoms with Gasteiger partial charge in [-0.3, -0.25) is 9.59 Å². The van der Waals surface area contributed by atoms with E-state index in [0.29, 0.717) is 19.4 Å². The molecule has 0 spiro atoms. The topological polar surface area (TPSA) is 55.4 Å². The van der Waals surface area contributed by atoms with Crippen molar-refractivity contribution in [2.45, 2.75) is 33.1 Å². The van der Waals surface area contributed by atoms with Crippen molar-refractivity contribution in [3.63, 3.8) is 0 Å². The first-order valence-corrected chi connectivity index (χ1v) is 6.84. The predicted molar refractivity (Wildman–Crippen MR) is 72.0 cm³/mol. The highest BCUT2D eigenvalue weighted by atomic mass is 32.1. The first kappa shape index (κ1) is 14.7. The van der Waals surface area contributed by atoms with E-state index >= 15 is 0 Å². The van der Waals surface area contributed by atoms with Crippen LogP contribution in [0.5, 0.6) is 0 Å². The Morgan fingerprint density at radius 1 is 1.44 bits per heavy atom. The van der Waals surface area contributed by atoms with E-state index in [1.807, 2.05) is 13.0 Å². The number of esters is 1. The molecule has 5 heteroatoms. The van der Waals surface area contributed by atoms with Gasteiger partial charge < -0.3 is 10.1 Å². The van der Waals surface area contributed by atoms with Gasteiger partial charge in [0.15, 0.2) is 0 Å². The summed E-state index contributed by atoms with van der Waals surface area (Å²) < 4.78 is 4.53. The van der Waals surface area contributed by atoms with Crippen molar-refractivity contribution >= 4 is 23.2 Å². The van der Waals surface area contributed by atoms with Gasteiger partial charge in [0.1, 0.15) is 0 Å². The maximum absolute atomic E-state index is 11.8. The minimum atomic E-state index is -0.246. The molecule has 0 atom stereocenters. The number of thiophene rings is 1. The summed E-state index contributed by atoms with van der Waals surface area (Å²) in [7, 11) is 1.36. The highest BCUT2D eigenvalue weighted by Crippen LogP contribution is 2.21. The molecule has 1 N–H and O–H groups in total. The molecule has 0 saturated heterocycles. The van der Waals surface area contributed by atoms with Crippen LogP contribution < -0.4 is 5.32 Å². The van der Waals surface area contributed by atoms with Crippen LogP contribution in [0.15, 0.2) is 6.07 Å². The Labute approximate surface area is 111 Å². The molecular weight excluding hydrogens is 250 g/mol. The van der Waals surface area contributed by atoms with Gasteiger partial charge in [0, 0.05) is 17.8 Å². The number of carbonyl (C=O) groups is 2. The quantitative estimate of drug-likeness (QED) is 0.637. The van der Waals surface area contributed by atoms with Gasteiger partial charge in [-0.1, -0.05) is 6.92 Å². The van der Waals surface area contributed by atoms with Gasteiger partial charge >= 0.3 is 5.97 Å². The summed E-state index contributed by atoms with van der Waals surface area (Å²) in [6, 6.07) is 1.94. The maximum Gasteiger partial charge on any atom is 0.305 e. The van der Waals surface area contributed by atoms with E-state index in [2.05, 4.69) is 17.0 Å². The van der Waals surface area contributed by atoms with Gasteiger partial charge in [-0.05, 0) is 31.4 Å². The number of amides is 1. The van der Waals surface area contributed by atoms with E-state index in [9.17, 15) is 9.59 Å². The van der Waals surface area contributed by atoms with E-state index in [1.54, 1.807) is 0 Å². The molecule has 0 aromatic carbocycles. The third-order valence-corrected chi connectivity index (χ3v) is 3.79. The number of carbonyl (C=O) groups excluding carboxylic acids is 2. The lowest BCUT2D eigenvalue weighted by molar-refractivity contribution is -0.140. The zero-order valence-corrected chi connectivity index (χ0v) is 11.9. The van der Waals surface area contributed by atoms with Gasteiger partial charge in [0.05, 0.1) is 12.0 Å². The highest BCUT2D eigenvalue weighted by Gasteiger charge is 2.11. The monoisotopic (exact) mass is 269 g/mol. The summed E-state index contributed by atoms with van der Waals surface area (Å²) >= 11 is 1.51. The van der Waals surface area contributed by atoms with Crippen LogP contribution in [0.2, 0.25) is 0 Å². The van der Waals surface area contributed by atoms with Crippen LogP contribution in [0.4, 0.5) is 0 Å². The Morgan fingerprint density at radius 3 is 2.72 bits per heavy atom. The Bertz CT molecular complexity index is 426. The van der Waals surface area contributed by atoms with Gasteiger partial charge in [-0.25, -0.2) is 0 Å². The first-order chi connectivity index (χ1) is 8.58. The van der Waals surface area contributed by atoms with Gasteiger partial charge in [0.25, 0.3) is 5.91 Å². The van der Waals surface area contributed by atoms with Crippen molar-refractivity contribution in [2.24, 2.45) is 0 Å². The van der Waals surface area contributed by atoms with Crippen LogP contribution in [-0.4, -0.2) is 25.5 Å². The minimum Gasteiger partial charge on any atom is -0.469 e. The summed E-state index contributed by atoms with van der Waals surface area (Å²) in [6.45, 7) is 4.59. The smallest absolute Gasteiger partial charge is 0.305 e. The summed E-state index contributed by atoms with van der Waals surface area (Å²) in [6.07, 6.45) is 1.88. The number of hydrogen-bond donors (Lipinski definition) is 1. The molecule has 18 heavy (non-hydrogen) atoms. The first-order valence-electron chi connectivity index (χ1n) is 6.02. The molecule has 0 fully saturated rings. The standard InChI is InChI=1S/C13H19NO3S/c1-4-10-8-11(18-9(10)2)13(16)14-7-5-6-12(15)17-3/h8H,4-7H2,1-3H3,(H,14,16). The zero-order chi connectivity index (χ0) is 13.5. The Hall–Kier alpha value is -1.36.